The van der Waals surface area contributed by atoms with Crippen LogP contribution in [-0.4, -0.2) is 25.0 Å². The van der Waals surface area contributed by atoms with Gasteiger partial charge in [-0.1, -0.05) is 28.1 Å². The molecule has 0 aliphatic heterocycles. The third-order valence-corrected chi connectivity index (χ3v) is 6.87. The fraction of sp³-hybridized carbons (Fsp3) is 0.176. The number of fused-ring (bicyclic) bond motifs is 2. The van der Waals surface area contributed by atoms with E-state index in [4.69, 9.17) is 0 Å². The highest BCUT2D eigenvalue weighted by atomic mass is 79.9. The van der Waals surface area contributed by atoms with Gasteiger partial charge in [0.2, 0.25) is 0 Å². The van der Waals surface area contributed by atoms with Gasteiger partial charge in [0.25, 0.3) is 0 Å². The molecule has 7 heteroatoms. The van der Waals surface area contributed by atoms with E-state index in [0.717, 1.165) is 33.1 Å². The summed E-state index contributed by atoms with van der Waals surface area (Å²) < 4.78 is 15.5. The minimum Gasteiger partial charge on any atom is -0.326 e. The Hall–Kier alpha value is -1.57. The van der Waals surface area contributed by atoms with Gasteiger partial charge in [0.1, 0.15) is 0 Å². The molecule has 0 fully saturated rings. The number of thiazole rings is 1. The fourth-order valence-electron chi connectivity index (χ4n) is 2.68. The van der Waals surface area contributed by atoms with Crippen LogP contribution in [-0.2, 0) is 22.7 Å². The highest BCUT2D eigenvalue weighted by Gasteiger charge is 2.09. The Balaban J connectivity index is 1.69. The number of hydrogen-bond donors (Lipinski definition) is 0. The van der Waals surface area contributed by atoms with Gasteiger partial charge in [-0.25, -0.2) is 9.97 Å². The predicted molar refractivity (Wildman–Crippen MR) is 103 cm³/mol. The number of imidazole rings is 1. The van der Waals surface area contributed by atoms with Crippen LogP contribution in [0, 0.1) is 0 Å². The van der Waals surface area contributed by atoms with Crippen molar-refractivity contribution < 1.29 is 4.21 Å². The van der Waals surface area contributed by atoms with Crippen LogP contribution in [0.5, 0.6) is 0 Å². The van der Waals surface area contributed by atoms with Gasteiger partial charge in [-0.3, -0.25) is 4.21 Å². The molecule has 0 radical (unpaired) electrons. The molecule has 0 N–H and O–H groups in total. The SMILES string of the molecule is CS(=O)c1nc2ccc(Cn3cnc4cc(CBr)ccc43)cc2s1. The number of alkyl halides is 1. The molecule has 0 aliphatic rings. The van der Waals surface area contributed by atoms with Crippen molar-refractivity contribution in [3.05, 3.63) is 53.9 Å². The second kappa shape index (κ2) is 6.38. The summed E-state index contributed by atoms with van der Waals surface area (Å²) in [6.45, 7) is 0.753. The minimum atomic E-state index is -1.03. The minimum absolute atomic E-state index is 0.678. The maximum absolute atomic E-state index is 11.6. The summed E-state index contributed by atoms with van der Waals surface area (Å²) >= 11 is 4.98. The van der Waals surface area contributed by atoms with E-state index in [1.165, 1.54) is 22.5 Å². The molecule has 0 amide bonds. The molecule has 0 saturated heterocycles. The number of rotatable bonds is 4. The third-order valence-electron chi connectivity index (χ3n) is 3.87. The fourth-order valence-corrected chi connectivity index (χ4v) is 4.76. The molecule has 0 bridgehead atoms. The number of halogens is 1. The number of aromatic nitrogens is 3. The van der Waals surface area contributed by atoms with Crippen LogP contribution in [0.3, 0.4) is 0 Å². The highest BCUT2D eigenvalue weighted by Crippen LogP contribution is 2.26. The van der Waals surface area contributed by atoms with Crippen LogP contribution in [0.2, 0.25) is 0 Å². The van der Waals surface area contributed by atoms with E-state index in [1.54, 1.807) is 6.26 Å². The van der Waals surface area contributed by atoms with Gasteiger partial charge in [0.15, 0.2) is 4.34 Å². The van der Waals surface area contributed by atoms with Gasteiger partial charge in [0.05, 0.1) is 38.4 Å². The first-order chi connectivity index (χ1) is 11.6. The number of hydrogen-bond acceptors (Lipinski definition) is 4. The van der Waals surface area contributed by atoms with Crippen LogP contribution >= 0.6 is 27.3 Å². The van der Waals surface area contributed by atoms with Crippen LogP contribution in [0.1, 0.15) is 11.1 Å². The molecule has 4 rings (SSSR count). The lowest BCUT2D eigenvalue weighted by Crippen LogP contribution is -1.97. The van der Waals surface area contributed by atoms with E-state index >= 15 is 0 Å². The Kier molecular flexibility index (Phi) is 4.24. The van der Waals surface area contributed by atoms with Gasteiger partial charge >= 0.3 is 0 Å². The van der Waals surface area contributed by atoms with Gasteiger partial charge in [-0.15, -0.1) is 11.3 Å². The zero-order valence-corrected chi connectivity index (χ0v) is 16.1. The topological polar surface area (TPSA) is 47.8 Å². The van der Waals surface area contributed by atoms with Crippen molar-refractivity contribution in [3.63, 3.8) is 0 Å². The molecule has 122 valence electrons. The van der Waals surface area contributed by atoms with Gasteiger partial charge in [-0.2, -0.15) is 0 Å². The zero-order valence-electron chi connectivity index (χ0n) is 12.9. The molecule has 1 atom stereocenters. The van der Waals surface area contributed by atoms with Crippen molar-refractivity contribution in [2.75, 3.05) is 6.26 Å². The Morgan fingerprint density at radius 2 is 2.00 bits per heavy atom. The summed E-state index contributed by atoms with van der Waals surface area (Å²) in [4.78, 5) is 8.92. The van der Waals surface area contributed by atoms with Crippen LogP contribution in [0.4, 0.5) is 0 Å². The Bertz CT molecular complexity index is 1070. The van der Waals surface area contributed by atoms with Crippen LogP contribution in [0.25, 0.3) is 21.3 Å². The quantitative estimate of drug-likeness (QED) is 0.462. The first-order valence-electron chi connectivity index (χ1n) is 7.36. The Morgan fingerprint density at radius 3 is 2.79 bits per heavy atom. The van der Waals surface area contributed by atoms with E-state index in [0.29, 0.717) is 4.34 Å². The van der Waals surface area contributed by atoms with E-state index < -0.39 is 10.8 Å². The Morgan fingerprint density at radius 1 is 1.17 bits per heavy atom. The maximum Gasteiger partial charge on any atom is 0.181 e. The lowest BCUT2D eigenvalue weighted by atomic mass is 10.2. The van der Waals surface area contributed by atoms with E-state index in [1.807, 2.05) is 12.4 Å². The molecular weight excluding hydrogens is 406 g/mol. The van der Waals surface area contributed by atoms with E-state index in [2.05, 4.69) is 60.8 Å². The third kappa shape index (κ3) is 2.92. The first kappa shape index (κ1) is 15.9. The Labute approximate surface area is 154 Å². The van der Waals surface area contributed by atoms with Gasteiger partial charge in [-0.05, 0) is 35.4 Å². The molecule has 0 saturated carbocycles. The van der Waals surface area contributed by atoms with Gasteiger partial charge < -0.3 is 4.57 Å². The lowest BCUT2D eigenvalue weighted by Gasteiger charge is -2.05. The first-order valence-corrected chi connectivity index (χ1v) is 10.9. The summed E-state index contributed by atoms with van der Waals surface area (Å²) in [5, 5.41) is 0.832. The molecule has 1 unspecified atom stereocenters. The molecule has 2 heterocycles. The van der Waals surface area contributed by atoms with Crippen LogP contribution in [0.15, 0.2) is 47.1 Å². The van der Waals surface area contributed by atoms with E-state index in [9.17, 15) is 4.21 Å². The average Bonchev–Trinajstić information content (AvgIpc) is 3.18. The second-order valence-corrected chi connectivity index (χ2v) is 8.71. The molecule has 0 aliphatic carbocycles. The zero-order chi connectivity index (χ0) is 16.7. The highest BCUT2D eigenvalue weighted by molar-refractivity contribution is 9.08. The van der Waals surface area contributed by atoms with E-state index in [-0.39, 0.29) is 0 Å². The number of benzene rings is 2. The van der Waals surface area contributed by atoms with Crippen LogP contribution < -0.4 is 0 Å². The second-order valence-electron chi connectivity index (χ2n) is 5.57. The standard InChI is InChI=1S/C17H14BrN3OS2/c1-24(22)17-20-13-4-2-12(7-16(13)23-17)9-21-10-19-14-6-11(8-18)3-5-15(14)21/h2-7,10H,8-9H2,1H3. The largest absolute Gasteiger partial charge is 0.326 e. The summed E-state index contributed by atoms with van der Waals surface area (Å²) in [5.74, 6) is 0. The average molecular weight is 420 g/mol. The number of nitrogens with zero attached hydrogens (tertiary/aromatic N) is 3. The molecule has 2 aromatic carbocycles. The van der Waals surface area contributed by atoms with Crippen molar-refractivity contribution in [2.45, 2.75) is 16.2 Å². The summed E-state index contributed by atoms with van der Waals surface area (Å²) in [5.41, 5.74) is 5.45. The normalized spacial score (nSPS) is 12.9. The smallest absolute Gasteiger partial charge is 0.181 e. The van der Waals surface area contributed by atoms with Gasteiger partial charge in [0, 0.05) is 18.1 Å². The van der Waals surface area contributed by atoms with Crippen molar-refractivity contribution in [2.24, 2.45) is 0 Å². The lowest BCUT2D eigenvalue weighted by molar-refractivity contribution is 0.686. The molecular formula is C17H14BrN3OS2. The molecule has 2 aromatic heterocycles. The molecule has 24 heavy (non-hydrogen) atoms. The predicted octanol–water partition coefficient (Wildman–Crippen LogP) is 4.33. The monoisotopic (exact) mass is 419 g/mol. The van der Waals surface area contributed by atoms with Crippen molar-refractivity contribution >= 4 is 59.3 Å². The summed E-state index contributed by atoms with van der Waals surface area (Å²) in [7, 11) is -1.03. The maximum atomic E-state index is 11.6. The molecule has 4 nitrogen and oxygen atoms in total. The molecule has 0 spiro atoms. The van der Waals surface area contributed by atoms with Crippen molar-refractivity contribution in [1.29, 1.82) is 0 Å². The summed E-state index contributed by atoms with van der Waals surface area (Å²) in [6.07, 6.45) is 3.55. The summed E-state index contributed by atoms with van der Waals surface area (Å²) in [6, 6.07) is 12.5. The van der Waals surface area contributed by atoms with Crippen molar-refractivity contribution in [3.8, 4) is 0 Å². The molecule has 4 aromatic rings. The van der Waals surface area contributed by atoms with Crippen molar-refractivity contribution in [1.82, 2.24) is 14.5 Å².